The molecule has 184 valence electrons. The number of esters is 1. The number of nitrogens with zero attached hydrogens (tertiary/aromatic N) is 1. The summed E-state index contributed by atoms with van der Waals surface area (Å²) in [6, 6.07) is 3.53. The van der Waals surface area contributed by atoms with Crippen molar-refractivity contribution in [2.75, 3.05) is 34.0 Å². The highest BCUT2D eigenvalue weighted by Gasteiger charge is 2.48. The first kappa shape index (κ1) is 24.3. The minimum Gasteiger partial charge on any atom is -0.493 e. The highest BCUT2D eigenvalue weighted by molar-refractivity contribution is 5.89. The van der Waals surface area contributed by atoms with E-state index in [1.807, 2.05) is 6.07 Å². The van der Waals surface area contributed by atoms with Crippen molar-refractivity contribution in [3.63, 3.8) is 0 Å². The summed E-state index contributed by atoms with van der Waals surface area (Å²) in [5, 5.41) is 0. The van der Waals surface area contributed by atoms with E-state index in [0.29, 0.717) is 30.3 Å². The van der Waals surface area contributed by atoms with Crippen LogP contribution in [0.1, 0.15) is 67.9 Å². The summed E-state index contributed by atoms with van der Waals surface area (Å²) in [6.07, 6.45) is 4.01. The van der Waals surface area contributed by atoms with E-state index in [4.69, 9.17) is 18.9 Å². The van der Waals surface area contributed by atoms with Gasteiger partial charge in [-0.3, -0.25) is 4.79 Å². The van der Waals surface area contributed by atoms with Gasteiger partial charge < -0.3 is 23.5 Å². The Hall–Kier alpha value is -2.87. The second-order valence-electron chi connectivity index (χ2n) is 9.53. The van der Waals surface area contributed by atoms with Crippen molar-refractivity contribution in [2.45, 2.75) is 52.0 Å². The van der Waals surface area contributed by atoms with Crippen molar-refractivity contribution in [1.82, 2.24) is 4.57 Å². The number of methoxy groups -OCH3 is 2. The second kappa shape index (κ2) is 9.41. The largest absolute Gasteiger partial charge is 0.493 e. The molecule has 2 aliphatic rings. The molecule has 1 aromatic heterocycles. The fourth-order valence-electron chi connectivity index (χ4n) is 5.45. The molecule has 0 saturated heterocycles. The van der Waals surface area contributed by atoms with Crippen LogP contribution in [-0.4, -0.2) is 44.6 Å². The first-order valence-electron chi connectivity index (χ1n) is 11.7. The molecular formula is C26H32FNO6. The van der Waals surface area contributed by atoms with Crippen molar-refractivity contribution < 1.29 is 28.1 Å². The molecule has 7 nitrogen and oxygen atoms in total. The zero-order valence-corrected chi connectivity index (χ0v) is 20.4. The van der Waals surface area contributed by atoms with E-state index in [2.05, 4.69) is 13.8 Å². The molecular weight excluding hydrogens is 441 g/mol. The molecule has 2 atom stereocenters. The zero-order valence-electron chi connectivity index (χ0n) is 20.4. The number of fused-ring (bicyclic) bond motifs is 6. The van der Waals surface area contributed by atoms with Gasteiger partial charge in [0.15, 0.2) is 17.3 Å². The van der Waals surface area contributed by atoms with Gasteiger partial charge in [-0.2, -0.15) is 0 Å². The van der Waals surface area contributed by atoms with Gasteiger partial charge in [0.25, 0.3) is 0 Å². The lowest BCUT2D eigenvalue weighted by Crippen LogP contribution is -2.34. The van der Waals surface area contributed by atoms with Gasteiger partial charge in [0.05, 0.1) is 26.0 Å². The molecule has 34 heavy (non-hydrogen) atoms. The molecule has 4 rings (SSSR count). The number of benzene rings is 1. The molecule has 0 unspecified atom stereocenters. The predicted molar refractivity (Wildman–Crippen MR) is 125 cm³/mol. The van der Waals surface area contributed by atoms with Crippen LogP contribution in [0, 0.1) is 11.2 Å². The minimum absolute atomic E-state index is 0.0710. The van der Waals surface area contributed by atoms with Crippen LogP contribution in [0.5, 0.6) is 11.5 Å². The maximum Gasteiger partial charge on any atom is 0.343 e. The summed E-state index contributed by atoms with van der Waals surface area (Å²) in [4.78, 5) is 25.3. The smallest absolute Gasteiger partial charge is 0.343 e. The molecule has 1 aliphatic heterocycles. The number of halogens is 1. The molecule has 0 radical (unpaired) electrons. The van der Waals surface area contributed by atoms with Crippen LogP contribution in [-0.2, 0) is 9.47 Å². The Morgan fingerprint density at radius 3 is 2.65 bits per heavy atom. The van der Waals surface area contributed by atoms with Crippen LogP contribution in [0.4, 0.5) is 4.39 Å². The van der Waals surface area contributed by atoms with Crippen molar-refractivity contribution in [3.05, 3.63) is 45.5 Å². The number of ether oxygens (including phenoxy) is 4. The van der Waals surface area contributed by atoms with Gasteiger partial charge in [0.1, 0.15) is 5.56 Å². The molecule has 8 heteroatoms. The summed E-state index contributed by atoms with van der Waals surface area (Å²) >= 11 is 0. The van der Waals surface area contributed by atoms with Gasteiger partial charge >= 0.3 is 5.97 Å². The topological polar surface area (TPSA) is 76.0 Å². The SMILES string of the molecule is CCOC(=O)c1cn2c(c(F)c1=O)-c1cc(OC)c(OCCCOC)cc1[C@H]1CCC(C)(C)[C@H]12. The quantitative estimate of drug-likeness (QED) is 0.408. The van der Waals surface area contributed by atoms with Gasteiger partial charge in [-0.25, -0.2) is 9.18 Å². The standard InChI is InChI=1S/C26H32FNO6/c1-6-33-25(30)18-14-28-22(21(27)23(18)29)17-13-19(32-5)20(34-11-7-10-31-4)12-16(17)15-8-9-26(2,3)24(15)28/h12-15,24H,6-11H2,1-5H3/t15-,24+/m1/s1. The summed E-state index contributed by atoms with van der Waals surface area (Å²) in [5.74, 6) is -0.650. The summed E-state index contributed by atoms with van der Waals surface area (Å²) < 4.78 is 39.2. The molecule has 1 aromatic carbocycles. The maximum absolute atomic E-state index is 15.7. The number of carbonyl (C=O) groups excluding carboxylic acids is 1. The third-order valence-electron chi connectivity index (χ3n) is 7.00. The van der Waals surface area contributed by atoms with Gasteiger partial charge in [-0.05, 0) is 42.9 Å². The molecule has 1 saturated carbocycles. The van der Waals surface area contributed by atoms with E-state index in [1.54, 1.807) is 24.7 Å². The van der Waals surface area contributed by atoms with E-state index in [-0.39, 0.29) is 35.2 Å². The molecule has 2 heterocycles. The van der Waals surface area contributed by atoms with Gasteiger partial charge in [-0.15, -0.1) is 0 Å². The van der Waals surface area contributed by atoms with Gasteiger partial charge in [0, 0.05) is 43.9 Å². The van der Waals surface area contributed by atoms with Gasteiger partial charge in [-0.1, -0.05) is 13.8 Å². The molecule has 1 fully saturated rings. The zero-order chi connectivity index (χ0) is 24.6. The van der Waals surface area contributed by atoms with Crippen molar-refractivity contribution in [2.24, 2.45) is 5.41 Å². The van der Waals surface area contributed by atoms with Crippen LogP contribution < -0.4 is 14.9 Å². The summed E-state index contributed by atoms with van der Waals surface area (Å²) in [6.45, 7) is 7.06. The fraction of sp³-hybridized carbons (Fsp3) is 0.538. The van der Waals surface area contributed by atoms with E-state index in [0.717, 1.165) is 24.8 Å². The van der Waals surface area contributed by atoms with E-state index in [9.17, 15) is 9.59 Å². The highest BCUT2D eigenvalue weighted by Crippen LogP contribution is 2.60. The summed E-state index contributed by atoms with van der Waals surface area (Å²) in [7, 11) is 3.17. The van der Waals surface area contributed by atoms with Crippen molar-refractivity contribution in [3.8, 4) is 22.8 Å². The third kappa shape index (κ3) is 3.98. The molecule has 0 N–H and O–H groups in total. The van der Waals surface area contributed by atoms with E-state index >= 15 is 4.39 Å². The predicted octanol–water partition coefficient (Wildman–Crippen LogP) is 4.71. The Morgan fingerprint density at radius 1 is 1.21 bits per heavy atom. The monoisotopic (exact) mass is 473 g/mol. The van der Waals surface area contributed by atoms with Crippen LogP contribution in [0.15, 0.2) is 23.1 Å². The molecule has 0 amide bonds. The summed E-state index contributed by atoms with van der Waals surface area (Å²) in [5.41, 5.74) is 0.282. The fourth-order valence-corrected chi connectivity index (χ4v) is 5.45. The van der Waals surface area contributed by atoms with E-state index in [1.165, 1.54) is 13.3 Å². The Bertz CT molecular complexity index is 1150. The van der Waals surface area contributed by atoms with Crippen molar-refractivity contribution in [1.29, 1.82) is 0 Å². The van der Waals surface area contributed by atoms with Crippen LogP contribution >= 0.6 is 0 Å². The molecule has 1 aliphatic carbocycles. The number of hydrogen-bond donors (Lipinski definition) is 0. The number of hydrogen-bond acceptors (Lipinski definition) is 6. The minimum atomic E-state index is -0.955. The third-order valence-corrected chi connectivity index (χ3v) is 7.00. The maximum atomic E-state index is 15.7. The van der Waals surface area contributed by atoms with Crippen molar-refractivity contribution >= 4 is 5.97 Å². The number of carbonyl (C=O) groups is 1. The van der Waals surface area contributed by atoms with Crippen LogP contribution in [0.2, 0.25) is 0 Å². The first-order valence-corrected chi connectivity index (χ1v) is 11.7. The lowest BCUT2D eigenvalue weighted by atomic mass is 9.77. The molecule has 0 bridgehead atoms. The normalized spacial score (nSPS) is 19.7. The average molecular weight is 474 g/mol. The first-order chi connectivity index (χ1) is 16.2. The molecule has 0 spiro atoms. The Morgan fingerprint density at radius 2 is 1.97 bits per heavy atom. The molecule has 2 aromatic rings. The second-order valence-corrected chi connectivity index (χ2v) is 9.53. The van der Waals surface area contributed by atoms with Gasteiger partial charge in [0.2, 0.25) is 5.43 Å². The Kier molecular flexibility index (Phi) is 6.71. The average Bonchev–Trinajstić information content (AvgIpc) is 3.13. The Balaban J connectivity index is 1.92. The number of aromatic nitrogens is 1. The number of rotatable bonds is 8. The van der Waals surface area contributed by atoms with Crippen LogP contribution in [0.25, 0.3) is 11.3 Å². The lowest BCUT2D eigenvalue weighted by Gasteiger charge is -2.40. The number of pyridine rings is 1. The lowest BCUT2D eigenvalue weighted by molar-refractivity contribution is 0.0522. The van der Waals surface area contributed by atoms with Crippen LogP contribution in [0.3, 0.4) is 0 Å². The highest BCUT2D eigenvalue weighted by atomic mass is 19.1. The Labute approximate surface area is 198 Å². The van der Waals surface area contributed by atoms with E-state index < -0.39 is 17.2 Å².